The number of rotatable bonds is 3. The third-order valence-electron chi connectivity index (χ3n) is 7.74. The van der Waals surface area contributed by atoms with Gasteiger partial charge in [0.15, 0.2) is 0 Å². The Hall–Kier alpha value is -4.91. The van der Waals surface area contributed by atoms with Crippen LogP contribution in [0.4, 0.5) is 0 Å². The minimum absolute atomic E-state index is 0.671. The van der Waals surface area contributed by atoms with Crippen LogP contribution in [0.25, 0.3) is 80.0 Å². The van der Waals surface area contributed by atoms with Gasteiger partial charge in [0.2, 0.25) is 5.95 Å². The molecule has 4 aromatic heterocycles. The van der Waals surface area contributed by atoms with Crippen LogP contribution in [-0.4, -0.2) is 19.5 Å². The topological polar surface area (TPSA) is 43.6 Å². The standard InChI is InChI=1S/C35H20N4S2/c1-4-10-28-25(8-1)32-29(18-17-24-23-7-2-5-11-30(23)40-33(24)32)39(28)35-36-20-19-26(38-35)21-13-15-22(16-14-21)34-37-27-9-3-6-12-31(27)41-34/h1-20H. The fraction of sp³-hybridized carbons (Fsp3) is 0. The van der Waals surface area contributed by atoms with Crippen LogP contribution in [0.1, 0.15) is 0 Å². The zero-order chi connectivity index (χ0) is 26.9. The number of thiophene rings is 1. The summed E-state index contributed by atoms with van der Waals surface area (Å²) in [5.41, 5.74) is 6.31. The number of hydrogen-bond donors (Lipinski definition) is 0. The Bertz CT molecular complexity index is 2400. The van der Waals surface area contributed by atoms with Crippen LogP contribution in [-0.2, 0) is 0 Å². The van der Waals surface area contributed by atoms with Crippen molar-refractivity contribution in [2.75, 3.05) is 0 Å². The highest BCUT2D eigenvalue weighted by molar-refractivity contribution is 7.26. The first kappa shape index (κ1) is 22.9. The number of fused-ring (bicyclic) bond motifs is 8. The molecule has 0 saturated carbocycles. The SMILES string of the molecule is c1ccc2sc(-c3ccc(-c4ccnc(-n5c6ccccc6c6c7sc8ccccc8c7ccc65)n4)cc3)nc2c1. The Labute approximate surface area is 242 Å². The molecule has 0 spiro atoms. The molecule has 4 nitrogen and oxygen atoms in total. The zero-order valence-electron chi connectivity index (χ0n) is 21.7. The number of nitrogens with zero attached hydrogens (tertiary/aromatic N) is 4. The fourth-order valence-electron chi connectivity index (χ4n) is 5.85. The summed E-state index contributed by atoms with van der Waals surface area (Å²) >= 11 is 3.57. The van der Waals surface area contributed by atoms with Gasteiger partial charge in [-0.25, -0.2) is 15.0 Å². The molecule has 0 amide bonds. The van der Waals surface area contributed by atoms with Crippen molar-refractivity contribution in [3.05, 3.63) is 121 Å². The van der Waals surface area contributed by atoms with E-state index in [1.54, 1.807) is 11.3 Å². The van der Waals surface area contributed by atoms with Crippen LogP contribution < -0.4 is 0 Å². The van der Waals surface area contributed by atoms with Crippen molar-refractivity contribution in [1.82, 2.24) is 19.5 Å². The van der Waals surface area contributed by atoms with E-state index in [1.165, 1.54) is 35.6 Å². The Morgan fingerprint density at radius 1 is 0.537 bits per heavy atom. The molecule has 0 fully saturated rings. The Morgan fingerprint density at radius 2 is 1.29 bits per heavy atom. The lowest BCUT2D eigenvalue weighted by molar-refractivity contribution is 0.992. The van der Waals surface area contributed by atoms with Crippen LogP contribution >= 0.6 is 22.7 Å². The Kier molecular flexibility index (Phi) is 4.90. The molecule has 4 heterocycles. The fourth-order valence-corrected chi connectivity index (χ4v) is 8.08. The summed E-state index contributed by atoms with van der Waals surface area (Å²) < 4.78 is 6.01. The summed E-state index contributed by atoms with van der Waals surface area (Å²) in [6, 6.07) is 40.5. The predicted octanol–water partition coefficient (Wildman–Crippen LogP) is 9.89. The molecule has 9 aromatic rings. The van der Waals surface area contributed by atoms with E-state index in [-0.39, 0.29) is 0 Å². The largest absolute Gasteiger partial charge is 0.278 e. The average molecular weight is 561 g/mol. The molecule has 0 aliphatic heterocycles. The summed E-state index contributed by atoms with van der Waals surface area (Å²) in [7, 11) is 0. The van der Waals surface area contributed by atoms with E-state index < -0.39 is 0 Å². The monoisotopic (exact) mass is 560 g/mol. The van der Waals surface area contributed by atoms with E-state index in [0.717, 1.165) is 38.4 Å². The Balaban J connectivity index is 1.19. The van der Waals surface area contributed by atoms with E-state index in [1.807, 2.05) is 29.7 Å². The molecular weight excluding hydrogens is 541 g/mol. The lowest BCUT2D eigenvalue weighted by atomic mass is 10.1. The summed E-state index contributed by atoms with van der Waals surface area (Å²) in [6.45, 7) is 0. The zero-order valence-corrected chi connectivity index (χ0v) is 23.3. The highest BCUT2D eigenvalue weighted by atomic mass is 32.1. The molecule has 41 heavy (non-hydrogen) atoms. The van der Waals surface area contributed by atoms with Gasteiger partial charge in [-0.2, -0.15) is 0 Å². The number of aromatic nitrogens is 4. The van der Waals surface area contributed by atoms with Gasteiger partial charge in [0.25, 0.3) is 0 Å². The van der Waals surface area contributed by atoms with Gasteiger partial charge in [-0.3, -0.25) is 4.57 Å². The summed E-state index contributed by atoms with van der Waals surface area (Å²) in [5.74, 6) is 0.671. The van der Waals surface area contributed by atoms with Gasteiger partial charge in [-0.05, 0) is 36.4 Å². The van der Waals surface area contributed by atoms with E-state index in [4.69, 9.17) is 15.0 Å². The van der Waals surface area contributed by atoms with Crippen molar-refractivity contribution < 1.29 is 0 Å². The number of hydrogen-bond acceptors (Lipinski definition) is 5. The maximum atomic E-state index is 5.09. The van der Waals surface area contributed by atoms with E-state index in [2.05, 4.69) is 108 Å². The minimum atomic E-state index is 0.671. The molecule has 0 N–H and O–H groups in total. The van der Waals surface area contributed by atoms with Gasteiger partial charge in [0.05, 0.1) is 26.9 Å². The summed E-state index contributed by atoms with van der Waals surface area (Å²) in [5, 5.41) is 6.10. The molecule has 0 aliphatic carbocycles. The number of thiazole rings is 1. The van der Waals surface area contributed by atoms with Crippen molar-refractivity contribution in [3.63, 3.8) is 0 Å². The molecule has 0 saturated heterocycles. The van der Waals surface area contributed by atoms with Gasteiger partial charge in [0, 0.05) is 48.3 Å². The van der Waals surface area contributed by atoms with Crippen molar-refractivity contribution in [2.45, 2.75) is 0 Å². The molecule has 192 valence electrons. The second kappa shape index (κ2) is 8.80. The van der Waals surface area contributed by atoms with Crippen LogP contribution in [0.2, 0.25) is 0 Å². The summed E-state index contributed by atoms with van der Waals surface area (Å²) in [4.78, 5) is 14.7. The first-order valence-corrected chi connectivity index (χ1v) is 15.1. The van der Waals surface area contributed by atoms with Gasteiger partial charge in [-0.15, -0.1) is 22.7 Å². The highest BCUT2D eigenvalue weighted by Crippen LogP contribution is 2.43. The van der Waals surface area contributed by atoms with E-state index in [9.17, 15) is 0 Å². The summed E-state index contributed by atoms with van der Waals surface area (Å²) in [6.07, 6.45) is 1.86. The lowest BCUT2D eigenvalue weighted by Crippen LogP contribution is -2.01. The van der Waals surface area contributed by atoms with Gasteiger partial charge in [-0.1, -0.05) is 78.9 Å². The molecule has 5 aromatic carbocycles. The van der Waals surface area contributed by atoms with Crippen molar-refractivity contribution >= 4 is 74.9 Å². The van der Waals surface area contributed by atoms with Crippen molar-refractivity contribution in [1.29, 1.82) is 0 Å². The molecular formula is C35H20N4S2. The first-order chi connectivity index (χ1) is 20.3. The van der Waals surface area contributed by atoms with Gasteiger partial charge < -0.3 is 0 Å². The molecule has 0 radical (unpaired) electrons. The van der Waals surface area contributed by atoms with Gasteiger partial charge in [0.1, 0.15) is 5.01 Å². The third-order valence-corrected chi connectivity index (χ3v) is 10.0. The Morgan fingerprint density at radius 3 is 2.17 bits per heavy atom. The lowest BCUT2D eigenvalue weighted by Gasteiger charge is -2.08. The third kappa shape index (κ3) is 3.48. The predicted molar refractivity (Wildman–Crippen MR) is 173 cm³/mol. The van der Waals surface area contributed by atoms with E-state index in [0.29, 0.717) is 5.95 Å². The smallest absolute Gasteiger partial charge is 0.235 e. The quantitative estimate of drug-likeness (QED) is 0.216. The van der Waals surface area contributed by atoms with Crippen molar-refractivity contribution in [3.8, 4) is 27.8 Å². The molecule has 0 aliphatic rings. The van der Waals surface area contributed by atoms with Gasteiger partial charge >= 0.3 is 0 Å². The second-order valence-electron chi connectivity index (χ2n) is 10.1. The number of para-hydroxylation sites is 2. The average Bonchev–Trinajstić information content (AvgIpc) is 3.73. The molecule has 0 atom stereocenters. The van der Waals surface area contributed by atoms with Crippen LogP contribution in [0, 0.1) is 0 Å². The van der Waals surface area contributed by atoms with Crippen LogP contribution in [0.5, 0.6) is 0 Å². The first-order valence-electron chi connectivity index (χ1n) is 13.4. The minimum Gasteiger partial charge on any atom is -0.278 e. The molecule has 0 unspecified atom stereocenters. The maximum absolute atomic E-state index is 5.09. The number of benzene rings is 5. The molecule has 6 heteroatoms. The molecule has 9 rings (SSSR count). The maximum Gasteiger partial charge on any atom is 0.235 e. The molecule has 0 bridgehead atoms. The highest BCUT2D eigenvalue weighted by Gasteiger charge is 2.18. The van der Waals surface area contributed by atoms with Crippen LogP contribution in [0.3, 0.4) is 0 Å². The second-order valence-corrected chi connectivity index (χ2v) is 12.2. The van der Waals surface area contributed by atoms with Crippen LogP contribution in [0.15, 0.2) is 121 Å². The normalized spacial score (nSPS) is 11.9. The van der Waals surface area contributed by atoms with E-state index >= 15 is 0 Å². The van der Waals surface area contributed by atoms with Crippen molar-refractivity contribution in [2.24, 2.45) is 0 Å².